The van der Waals surface area contributed by atoms with Crippen LogP contribution < -0.4 is 10.2 Å². The summed E-state index contributed by atoms with van der Waals surface area (Å²) in [7, 11) is 0. The molecule has 0 spiro atoms. The van der Waals surface area contributed by atoms with Crippen molar-refractivity contribution in [1.82, 2.24) is 4.90 Å². The topological polar surface area (TPSA) is 71.8 Å². The van der Waals surface area contributed by atoms with E-state index in [0.717, 1.165) is 57.2 Å². The molecular formula is C26H34N4O2. The van der Waals surface area contributed by atoms with Crippen LogP contribution in [-0.2, 0) is 17.8 Å². The van der Waals surface area contributed by atoms with Gasteiger partial charge in [-0.05, 0) is 54.6 Å². The normalized spacial score (nSPS) is 21.8. The molecule has 32 heavy (non-hydrogen) atoms. The Morgan fingerprint density at radius 1 is 1.09 bits per heavy atom. The Labute approximate surface area is 191 Å². The van der Waals surface area contributed by atoms with Gasteiger partial charge in [-0.1, -0.05) is 31.2 Å². The maximum Gasteiger partial charge on any atom is 0.0993 e. The molecule has 0 aliphatic carbocycles. The van der Waals surface area contributed by atoms with Gasteiger partial charge in [0.05, 0.1) is 31.5 Å². The predicted octanol–water partition coefficient (Wildman–Crippen LogP) is 3.60. The SMILES string of the molecule is CC1CCN(Cc2ccc(CNc3cc(C#N)cc(N4CCOCC4)c3)cc2)[C@H](CO)C1. The molecule has 2 saturated heterocycles. The van der Waals surface area contributed by atoms with Crippen LogP contribution in [0, 0.1) is 17.2 Å². The maximum absolute atomic E-state index is 9.74. The molecule has 4 rings (SSSR count). The van der Waals surface area contributed by atoms with Crippen LogP contribution in [0.4, 0.5) is 11.4 Å². The fourth-order valence-corrected chi connectivity index (χ4v) is 4.68. The lowest BCUT2D eigenvalue weighted by Gasteiger charge is -2.37. The number of ether oxygens (including phenoxy) is 1. The lowest BCUT2D eigenvalue weighted by atomic mass is 9.92. The first-order valence-electron chi connectivity index (χ1n) is 11.7. The molecule has 1 unspecified atom stereocenters. The van der Waals surface area contributed by atoms with Gasteiger partial charge in [0.25, 0.3) is 0 Å². The summed E-state index contributed by atoms with van der Waals surface area (Å²) in [6.07, 6.45) is 2.28. The van der Waals surface area contributed by atoms with Gasteiger partial charge < -0.3 is 20.1 Å². The highest BCUT2D eigenvalue weighted by Crippen LogP contribution is 2.25. The van der Waals surface area contributed by atoms with Gasteiger partial charge in [0.15, 0.2) is 0 Å². The molecule has 0 bridgehead atoms. The van der Waals surface area contributed by atoms with Crippen molar-refractivity contribution in [1.29, 1.82) is 5.26 Å². The number of aliphatic hydroxyl groups is 1. The van der Waals surface area contributed by atoms with E-state index in [-0.39, 0.29) is 12.6 Å². The van der Waals surface area contributed by atoms with E-state index >= 15 is 0 Å². The molecule has 0 aromatic heterocycles. The molecule has 2 aliphatic rings. The molecule has 2 atom stereocenters. The van der Waals surface area contributed by atoms with Crippen LogP contribution in [0.2, 0.25) is 0 Å². The number of nitrogens with zero attached hydrogens (tertiary/aromatic N) is 3. The average Bonchev–Trinajstić information content (AvgIpc) is 2.85. The van der Waals surface area contributed by atoms with E-state index in [2.05, 4.69) is 58.4 Å². The summed E-state index contributed by atoms with van der Waals surface area (Å²) in [4.78, 5) is 4.68. The van der Waals surface area contributed by atoms with Crippen LogP contribution in [-0.4, -0.2) is 55.5 Å². The minimum absolute atomic E-state index is 0.237. The van der Waals surface area contributed by atoms with Gasteiger partial charge in [0, 0.05) is 43.6 Å². The molecule has 2 heterocycles. The third-order valence-corrected chi connectivity index (χ3v) is 6.64. The van der Waals surface area contributed by atoms with Crippen LogP contribution in [0.3, 0.4) is 0 Å². The standard InChI is InChI=1S/C26H34N4O2/c1-20-6-7-30(26(12-20)19-31)18-22-4-2-21(3-5-22)17-28-24-13-23(16-27)14-25(15-24)29-8-10-32-11-9-29/h2-5,13-15,20,26,28,31H,6-12,17-19H2,1H3/t20?,26-/m0/s1. The zero-order valence-corrected chi connectivity index (χ0v) is 19.0. The van der Waals surface area contributed by atoms with E-state index in [9.17, 15) is 10.4 Å². The summed E-state index contributed by atoms with van der Waals surface area (Å²) < 4.78 is 5.45. The molecule has 2 aliphatic heterocycles. The van der Waals surface area contributed by atoms with Crippen LogP contribution in [0.1, 0.15) is 36.5 Å². The number of piperidine rings is 1. The number of morpholine rings is 1. The van der Waals surface area contributed by atoms with E-state index in [1.165, 1.54) is 17.5 Å². The minimum Gasteiger partial charge on any atom is -0.395 e. The summed E-state index contributed by atoms with van der Waals surface area (Å²) in [5.41, 5.74) is 5.18. The Morgan fingerprint density at radius 3 is 2.56 bits per heavy atom. The van der Waals surface area contributed by atoms with Crippen molar-refractivity contribution in [2.45, 2.75) is 38.9 Å². The molecule has 0 amide bonds. The van der Waals surface area contributed by atoms with E-state index in [4.69, 9.17) is 4.74 Å². The van der Waals surface area contributed by atoms with Crippen molar-refractivity contribution in [3.8, 4) is 6.07 Å². The number of nitrogens with one attached hydrogen (secondary N) is 1. The van der Waals surface area contributed by atoms with Crippen LogP contribution in [0.25, 0.3) is 0 Å². The molecule has 0 saturated carbocycles. The first-order chi connectivity index (χ1) is 15.6. The number of hydrogen-bond acceptors (Lipinski definition) is 6. The quantitative estimate of drug-likeness (QED) is 0.694. The Bertz CT molecular complexity index is 918. The Hall–Kier alpha value is -2.59. The molecule has 6 heteroatoms. The molecule has 170 valence electrons. The zero-order chi connectivity index (χ0) is 22.3. The first kappa shape index (κ1) is 22.6. The number of anilines is 2. The van der Waals surface area contributed by atoms with Crippen molar-refractivity contribution in [2.24, 2.45) is 5.92 Å². The summed E-state index contributed by atoms with van der Waals surface area (Å²) in [5.74, 6) is 0.695. The molecular weight excluding hydrogens is 400 g/mol. The molecule has 0 radical (unpaired) electrons. The number of rotatable bonds is 7. The van der Waals surface area contributed by atoms with Crippen molar-refractivity contribution in [2.75, 3.05) is 49.7 Å². The third kappa shape index (κ3) is 5.80. The Balaban J connectivity index is 1.36. The summed E-state index contributed by atoms with van der Waals surface area (Å²) >= 11 is 0. The smallest absolute Gasteiger partial charge is 0.0993 e. The highest BCUT2D eigenvalue weighted by Gasteiger charge is 2.25. The monoisotopic (exact) mass is 434 g/mol. The third-order valence-electron chi connectivity index (χ3n) is 6.64. The van der Waals surface area contributed by atoms with Gasteiger partial charge >= 0.3 is 0 Å². The molecule has 2 N–H and O–H groups in total. The summed E-state index contributed by atoms with van der Waals surface area (Å²) in [5, 5.41) is 22.7. The molecule has 2 fully saturated rings. The zero-order valence-electron chi connectivity index (χ0n) is 19.0. The van der Waals surface area contributed by atoms with Crippen molar-refractivity contribution in [3.05, 3.63) is 59.2 Å². The van der Waals surface area contributed by atoms with Gasteiger partial charge in [-0.2, -0.15) is 5.26 Å². The maximum atomic E-state index is 9.74. The fourth-order valence-electron chi connectivity index (χ4n) is 4.68. The van der Waals surface area contributed by atoms with Gasteiger partial charge in [0.2, 0.25) is 0 Å². The van der Waals surface area contributed by atoms with Crippen molar-refractivity contribution in [3.63, 3.8) is 0 Å². The Kier molecular flexibility index (Phi) is 7.64. The van der Waals surface area contributed by atoms with Gasteiger partial charge in [-0.25, -0.2) is 0 Å². The second kappa shape index (κ2) is 10.8. The molecule has 6 nitrogen and oxygen atoms in total. The van der Waals surface area contributed by atoms with Crippen LogP contribution in [0.15, 0.2) is 42.5 Å². The van der Waals surface area contributed by atoms with Crippen molar-refractivity contribution < 1.29 is 9.84 Å². The number of hydrogen-bond donors (Lipinski definition) is 2. The van der Waals surface area contributed by atoms with Gasteiger partial charge in [-0.3, -0.25) is 4.90 Å². The predicted molar refractivity (Wildman–Crippen MR) is 128 cm³/mol. The highest BCUT2D eigenvalue weighted by atomic mass is 16.5. The second-order valence-electron chi connectivity index (χ2n) is 9.09. The van der Waals surface area contributed by atoms with Gasteiger partial charge in [-0.15, -0.1) is 0 Å². The highest BCUT2D eigenvalue weighted by molar-refractivity contribution is 5.63. The van der Waals surface area contributed by atoms with E-state index in [1.807, 2.05) is 12.1 Å². The van der Waals surface area contributed by atoms with Crippen molar-refractivity contribution >= 4 is 11.4 Å². The number of aliphatic hydroxyl groups excluding tert-OH is 1. The fraction of sp³-hybridized carbons (Fsp3) is 0.500. The van der Waals surface area contributed by atoms with Crippen LogP contribution in [0.5, 0.6) is 0 Å². The Morgan fingerprint density at radius 2 is 1.84 bits per heavy atom. The number of likely N-dealkylation sites (tertiary alicyclic amines) is 1. The van der Waals surface area contributed by atoms with E-state index in [1.54, 1.807) is 0 Å². The lowest BCUT2D eigenvalue weighted by Crippen LogP contribution is -2.43. The molecule has 2 aromatic carbocycles. The largest absolute Gasteiger partial charge is 0.395 e. The average molecular weight is 435 g/mol. The number of benzene rings is 2. The lowest BCUT2D eigenvalue weighted by molar-refractivity contribution is 0.0634. The van der Waals surface area contributed by atoms with E-state index in [0.29, 0.717) is 18.0 Å². The minimum atomic E-state index is 0.237. The molecule has 2 aromatic rings. The summed E-state index contributed by atoms with van der Waals surface area (Å²) in [6.45, 7) is 8.31. The van der Waals surface area contributed by atoms with Crippen LogP contribution >= 0.6 is 0 Å². The van der Waals surface area contributed by atoms with Gasteiger partial charge in [0.1, 0.15) is 0 Å². The number of nitriles is 1. The second-order valence-corrected chi connectivity index (χ2v) is 9.09. The first-order valence-corrected chi connectivity index (χ1v) is 11.7. The van der Waals surface area contributed by atoms with E-state index < -0.39 is 0 Å². The summed E-state index contributed by atoms with van der Waals surface area (Å²) in [6, 6.07) is 17.2.